The molecule has 6 nitrogen and oxygen atoms in total. The van der Waals surface area contributed by atoms with Gasteiger partial charge in [0, 0.05) is 11.9 Å². The molecule has 0 bridgehead atoms. The Morgan fingerprint density at radius 2 is 2.27 bits per heavy atom. The zero-order valence-electron chi connectivity index (χ0n) is 12.0. The van der Waals surface area contributed by atoms with E-state index in [4.69, 9.17) is 11.6 Å². The van der Waals surface area contributed by atoms with Gasteiger partial charge in [-0.3, -0.25) is 0 Å². The van der Waals surface area contributed by atoms with Crippen LogP contribution in [-0.4, -0.2) is 27.4 Å². The summed E-state index contributed by atoms with van der Waals surface area (Å²) in [7, 11) is 1.31. The predicted molar refractivity (Wildman–Crippen MR) is 85.7 cm³/mol. The van der Waals surface area contributed by atoms with Crippen molar-refractivity contribution < 1.29 is 9.53 Å². The maximum absolute atomic E-state index is 11.5. The van der Waals surface area contributed by atoms with Gasteiger partial charge in [-0.25, -0.2) is 14.8 Å². The average Bonchev–Trinajstić information content (AvgIpc) is 3.08. The third-order valence-corrected chi connectivity index (χ3v) is 4.50. The van der Waals surface area contributed by atoms with Crippen molar-refractivity contribution in [3.63, 3.8) is 0 Å². The number of methoxy groups -OCH3 is 1. The summed E-state index contributed by atoms with van der Waals surface area (Å²) in [5.74, 6) is -0.487. The van der Waals surface area contributed by atoms with Crippen LogP contribution in [0, 0.1) is 6.92 Å². The van der Waals surface area contributed by atoms with Crippen LogP contribution in [0.25, 0.3) is 5.65 Å². The van der Waals surface area contributed by atoms with Crippen LogP contribution in [0.4, 0.5) is 5.13 Å². The summed E-state index contributed by atoms with van der Waals surface area (Å²) < 4.78 is 6.67. The largest absolute Gasteiger partial charge is 0.465 e. The Labute approximate surface area is 135 Å². The Morgan fingerprint density at radius 3 is 3.00 bits per heavy atom. The number of carbonyl (C=O) groups excluding carboxylic acids is 1. The van der Waals surface area contributed by atoms with Gasteiger partial charge in [-0.15, -0.1) is 0 Å². The third kappa shape index (κ3) is 2.77. The standard InChI is InChI=1S/C14H13ClN4O2S/c1-8-4-3-5-10-17-9(7-19(8)10)6-16-14-18-12(15)11(22-14)13(20)21-2/h3-5,7H,6H2,1-2H3,(H,16,18). The van der Waals surface area contributed by atoms with Gasteiger partial charge in [0.1, 0.15) is 5.65 Å². The first-order valence-electron chi connectivity index (χ1n) is 6.50. The number of hydrogen-bond donors (Lipinski definition) is 1. The highest BCUT2D eigenvalue weighted by molar-refractivity contribution is 7.18. The Morgan fingerprint density at radius 1 is 1.45 bits per heavy atom. The van der Waals surface area contributed by atoms with Gasteiger partial charge in [-0.05, 0) is 19.1 Å². The second-order valence-corrected chi connectivity index (χ2v) is 5.97. The average molecular weight is 337 g/mol. The number of aromatic nitrogens is 3. The third-order valence-electron chi connectivity index (χ3n) is 3.12. The number of aryl methyl sites for hydroxylation is 1. The molecule has 0 radical (unpaired) electrons. The van der Waals surface area contributed by atoms with Crippen molar-refractivity contribution in [2.24, 2.45) is 0 Å². The van der Waals surface area contributed by atoms with E-state index in [-0.39, 0.29) is 10.0 Å². The molecular formula is C14H13ClN4O2S. The molecule has 3 rings (SSSR count). The minimum absolute atomic E-state index is 0.144. The number of anilines is 1. The number of thiazole rings is 1. The molecule has 0 aromatic carbocycles. The van der Waals surface area contributed by atoms with E-state index < -0.39 is 5.97 Å². The normalized spacial score (nSPS) is 10.9. The first-order valence-corrected chi connectivity index (χ1v) is 7.70. The molecule has 3 heterocycles. The minimum atomic E-state index is -0.487. The van der Waals surface area contributed by atoms with Crippen LogP contribution in [0.1, 0.15) is 21.1 Å². The van der Waals surface area contributed by atoms with Crippen molar-refractivity contribution in [3.8, 4) is 0 Å². The molecule has 0 aliphatic rings. The number of esters is 1. The fourth-order valence-electron chi connectivity index (χ4n) is 2.05. The summed E-state index contributed by atoms with van der Waals surface area (Å²) in [6.45, 7) is 2.51. The van der Waals surface area contributed by atoms with Crippen LogP contribution < -0.4 is 5.32 Å². The number of fused-ring (bicyclic) bond motifs is 1. The summed E-state index contributed by atoms with van der Waals surface area (Å²) in [6.07, 6.45) is 1.97. The SMILES string of the molecule is COC(=O)c1sc(NCc2cn3c(C)cccc3n2)nc1Cl. The molecule has 0 aliphatic carbocycles. The molecule has 114 valence electrons. The smallest absolute Gasteiger partial charge is 0.351 e. The number of halogens is 1. The highest BCUT2D eigenvalue weighted by Gasteiger charge is 2.17. The van der Waals surface area contributed by atoms with Gasteiger partial charge in [-0.1, -0.05) is 29.0 Å². The van der Waals surface area contributed by atoms with Gasteiger partial charge in [0.25, 0.3) is 0 Å². The van der Waals surface area contributed by atoms with Crippen LogP contribution in [0.15, 0.2) is 24.4 Å². The van der Waals surface area contributed by atoms with Crippen molar-refractivity contribution in [2.45, 2.75) is 13.5 Å². The quantitative estimate of drug-likeness (QED) is 0.741. The Hall–Kier alpha value is -2.12. The fourth-order valence-corrected chi connectivity index (χ4v) is 3.14. The number of nitrogens with zero attached hydrogens (tertiary/aromatic N) is 3. The Kier molecular flexibility index (Phi) is 4.00. The lowest BCUT2D eigenvalue weighted by Gasteiger charge is -1.98. The molecule has 0 saturated carbocycles. The van der Waals surface area contributed by atoms with Gasteiger partial charge < -0.3 is 14.5 Å². The Balaban J connectivity index is 1.76. The molecule has 0 spiro atoms. The molecule has 22 heavy (non-hydrogen) atoms. The first-order chi connectivity index (χ1) is 10.6. The van der Waals surface area contributed by atoms with Crippen molar-refractivity contribution in [1.29, 1.82) is 0 Å². The number of ether oxygens (including phenoxy) is 1. The molecule has 0 unspecified atom stereocenters. The van der Waals surface area contributed by atoms with E-state index in [1.807, 2.05) is 35.7 Å². The fraction of sp³-hybridized carbons (Fsp3) is 0.214. The van der Waals surface area contributed by atoms with E-state index in [9.17, 15) is 4.79 Å². The van der Waals surface area contributed by atoms with E-state index in [0.29, 0.717) is 11.7 Å². The number of carbonyl (C=O) groups is 1. The second-order valence-electron chi connectivity index (χ2n) is 4.61. The van der Waals surface area contributed by atoms with E-state index in [1.165, 1.54) is 7.11 Å². The van der Waals surface area contributed by atoms with Gasteiger partial charge in [0.2, 0.25) is 0 Å². The van der Waals surface area contributed by atoms with E-state index in [0.717, 1.165) is 28.4 Å². The molecule has 0 amide bonds. The van der Waals surface area contributed by atoms with Crippen LogP contribution in [0.3, 0.4) is 0 Å². The molecular weight excluding hydrogens is 324 g/mol. The maximum atomic E-state index is 11.5. The van der Waals surface area contributed by atoms with E-state index >= 15 is 0 Å². The molecule has 3 aromatic heterocycles. The monoisotopic (exact) mass is 336 g/mol. The lowest BCUT2D eigenvalue weighted by Crippen LogP contribution is -1.99. The van der Waals surface area contributed by atoms with Crippen molar-refractivity contribution in [3.05, 3.63) is 45.8 Å². The molecule has 1 N–H and O–H groups in total. The Bertz CT molecular complexity index is 843. The van der Waals surface area contributed by atoms with Crippen LogP contribution in [-0.2, 0) is 11.3 Å². The number of imidazole rings is 1. The zero-order chi connectivity index (χ0) is 15.7. The van der Waals surface area contributed by atoms with Crippen LogP contribution in [0.5, 0.6) is 0 Å². The zero-order valence-corrected chi connectivity index (χ0v) is 13.5. The number of nitrogens with one attached hydrogen (secondary N) is 1. The lowest BCUT2D eigenvalue weighted by atomic mass is 10.4. The van der Waals surface area contributed by atoms with Crippen LogP contribution in [0.2, 0.25) is 5.15 Å². The van der Waals surface area contributed by atoms with Crippen molar-refractivity contribution in [2.75, 3.05) is 12.4 Å². The molecule has 0 fully saturated rings. The molecule has 0 atom stereocenters. The minimum Gasteiger partial charge on any atom is -0.465 e. The summed E-state index contributed by atoms with van der Waals surface area (Å²) in [6, 6.07) is 5.94. The molecule has 8 heteroatoms. The summed E-state index contributed by atoms with van der Waals surface area (Å²) >= 11 is 7.08. The second kappa shape index (κ2) is 5.94. The topological polar surface area (TPSA) is 68.5 Å². The molecule has 0 saturated heterocycles. The lowest BCUT2D eigenvalue weighted by molar-refractivity contribution is 0.0606. The van der Waals surface area contributed by atoms with E-state index in [1.54, 1.807) is 0 Å². The number of pyridine rings is 1. The maximum Gasteiger partial charge on any atom is 0.351 e. The van der Waals surface area contributed by atoms with Crippen LogP contribution >= 0.6 is 22.9 Å². The van der Waals surface area contributed by atoms with Crippen molar-refractivity contribution >= 4 is 39.7 Å². The van der Waals surface area contributed by atoms with Crippen molar-refractivity contribution in [1.82, 2.24) is 14.4 Å². The number of rotatable bonds is 4. The summed E-state index contributed by atoms with van der Waals surface area (Å²) in [4.78, 5) is 20.4. The van der Waals surface area contributed by atoms with Gasteiger partial charge in [-0.2, -0.15) is 0 Å². The van der Waals surface area contributed by atoms with Gasteiger partial charge >= 0.3 is 5.97 Å². The highest BCUT2D eigenvalue weighted by atomic mass is 35.5. The highest BCUT2D eigenvalue weighted by Crippen LogP contribution is 2.27. The van der Waals surface area contributed by atoms with E-state index in [2.05, 4.69) is 20.0 Å². The van der Waals surface area contributed by atoms with Gasteiger partial charge in [0.05, 0.1) is 19.3 Å². The summed E-state index contributed by atoms with van der Waals surface area (Å²) in [5.41, 5.74) is 2.88. The predicted octanol–water partition coefficient (Wildman–Crippen LogP) is 3.15. The first kappa shape index (κ1) is 14.8. The molecule has 3 aromatic rings. The summed E-state index contributed by atoms with van der Waals surface area (Å²) in [5, 5.41) is 3.82. The molecule has 0 aliphatic heterocycles. The number of hydrogen-bond acceptors (Lipinski definition) is 6. The van der Waals surface area contributed by atoms with Gasteiger partial charge in [0.15, 0.2) is 15.2 Å².